The summed E-state index contributed by atoms with van der Waals surface area (Å²) in [4.78, 5) is 30.0. The van der Waals surface area contributed by atoms with E-state index in [0.717, 1.165) is 5.56 Å². The summed E-state index contributed by atoms with van der Waals surface area (Å²) < 4.78 is 22.3. The first-order chi connectivity index (χ1) is 17.5. The van der Waals surface area contributed by atoms with Crippen LogP contribution in [-0.2, 0) is 9.59 Å². The Morgan fingerprint density at radius 1 is 1.00 bits per heavy atom. The number of rotatable bonds is 10. The Morgan fingerprint density at radius 2 is 1.62 bits per heavy atom. The van der Waals surface area contributed by atoms with Crippen molar-refractivity contribution in [2.45, 2.75) is 32.9 Å². The first-order valence-corrected chi connectivity index (χ1v) is 12.0. The number of aliphatic hydroxyl groups excluding tert-OH is 1. The van der Waals surface area contributed by atoms with Gasteiger partial charge in [-0.25, -0.2) is 0 Å². The van der Waals surface area contributed by atoms with Crippen LogP contribution in [0.25, 0.3) is 5.76 Å². The number of nitrogens with zero attached hydrogens (tertiary/aromatic N) is 2. The molecule has 1 heterocycles. The molecule has 2 aromatic carbocycles. The highest BCUT2D eigenvalue weighted by molar-refractivity contribution is 6.46. The Morgan fingerprint density at radius 3 is 2.11 bits per heavy atom. The van der Waals surface area contributed by atoms with Crippen molar-refractivity contribution in [3.05, 3.63) is 52.6 Å². The molecule has 37 heavy (non-hydrogen) atoms. The number of Topliss-reactive ketones (excluding diaryl/α,β-unsaturated/α-hetero) is 1. The molecule has 1 amide bonds. The largest absolute Gasteiger partial charge is 0.507 e. The Bertz CT molecular complexity index is 1180. The number of aryl methyl sites for hydroxylation is 1. The first kappa shape index (κ1) is 27.9. The maximum atomic E-state index is 13.4. The summed E-state index contributed by atoms with van der Waals surface area (Å²) in [5.74, 6) is 0.120. The number of hydrogen-bond acceptors (Lipinski definition) is 8. The molecule has 0 unspecified atom stereocenters. The van der Waals surface area contributed by atoms with Crippen molar-refractivity contribution in [2.24, 2.45) is 0 Å². The lowest BCUT2D eigenvalue weighted by atomic mass is 9.94. The van der Waals surface area contributed by atoms with Gasteiger partial charge in [0.25, 0.3) is 11.7 Å². The third-order valence-electron chi connectivity index (χ3n) is 6.14. The highest BCUT2D eigenvalue weighted by Crippen LogP contribution is 2.45. The second-order valence-electron chi connectivity index (χ2n) is 9.40. The van der Waals surface area contributed by atoms with E-state index in [-0.39, 0.29) is 24.0 Å². The van der Waals surface area contributed by atoms with E-state index in [0.29, 0.717) is 40.7 Å². The van der Waals surface area contributed by atoms with Crippen LogP contribution in [0.4, 0.5) is 0 Å². The van der Waals surface area contributed by atoms with Crippen LogP contribution in [0.3, 0.4) is 0 Å². The molecule has 2 aromatic rings. The van der Waals surface area contributed by atoms with Gasteiger partial charge in [-0.15, -0.1) is 0 Å². The lowest BCUT2D eigenvalue weighted by Crippen LogP contribution is -2.35. The van der Waals surface area contributed by atoms with E-state index in [2.05, 4.69) is 0 Å². The van der Waals surface area contributed by atoms with Crippen LogP contribution in [0.2, 0.25) is 0 Å². The van der Waals surface area contributed by atoms with Gasteiger partial charge in [0, 0.05) is 18.7 Å². The number of likely N-dealkylation sites (N-methyl/N-ethyl adjacent to an activating group) is 1. The minimum Gasteiger partial charge on any atom is -0.507 e. The molecular formula is C28H36N2O7. The van der Waals surface area contributed by atoms with Crippen LogP contribution in [0.1, 0.15) is 36.6 Å². The normalized spacial score (nSPS) is 17.0. The highest BCUT2D eigenvalue weighted by atomic mass is 16.5. The molecule has 0 aromatic heterocycles. The smallest absolute Gasteiger partial charge is 0.295 e. The van der Waals surface area contributed by atoms with Gasteiger partial charge in [-0.1, -0.05) is 0 Å². The summed E-state index contributed by atoms with van der Waals surface area (Å²) in [6.07, 6.45) is -0.0137. The number of likely N-dealkylation sites (tertiary alicyclic amines) is 1. The van der Waals surface area contributed by atoms with Crippen molar-refractivity contribution in [3.8, 4) is 23.0 Å². The Hall–Kier alpha value is -3.72. The third kappa shape index (κ3) is 5.67. The number of amides is 1. The van der Waals surface area contributed by atoms with Gasteiger partial charge in [0.15, 0.2) is 11.5 Å². The summed E-state index contributed by atoms with van der Waals surface area (Å²) in [5.41, 5.74) is 1.75. The molecule has 3 rings (SSSR count). The number of hydrogen-bond donors (Lipinski definition) is 1. The van der Waals surface area contributed by atoms with Gasteiger partial charge in [-0.3, -0.25) is 9.59 Å². The molecule has 0 bridgehead atoms. The fourth-order valence-electron chi connectivity index (χ4n) is 4.36. The third-order valence-corrected chi connectivity index (χ3v) is 6.14. The van der Waals surface area contributed by atoms with Crippen molar-refractivity contribution in [3.63, 3.8) is 0 Å². The van der Waals surface area contributed by atoms with Gasteiger partial charge in [0.2, 0.25) is 5.75 Å². The molecule has 1 aliphatic heterocycles. The monoisotopic (exact) mass is 512 g/mol. The van der Waals surface area contributed by atoms with Crippen LogP contribution in [0, 0.1) is 6.92 Å². The number of methoxy groups -OCH3 is 3. The molecule has 1 saturated heterocycles. The average Bonchev–Trinajstić information content (AvgIpc) is 3.11. The summed E-state index contributed by atoms with van der Waals surface area (Å²) in [7, 11) is 8.25. The Balaban J connectivity index is 2.23. The molecule has 0 spiro atoms. The van der Waals surface area contributed by atoms with Crippen molar-refractivity contribution in [1.82, 2.24) is 9.80 Å². The minimum absolute atomic E-state index is 0.00467. The topological polar surface area (TPSA) is 97.8 Å². The SMILES string of the molecule is COc1cc([C@@H]2/C(=C(\O)c3ccc(OC(C)C)c(C)c3)C(=O)C(=O)N2CCN(C)C)cc(OC)c1OC. The lowest BCUT2D eigenvalue weighted by Gasteiger charge is -2.27. The number of carbonyl (C=O) groups is 2. The van der Waals surface area contributed by atoms with Crippen molar-refractivity contribution in [2.75, 3.05) is 48.5 Å². The summed E-state index contributed by atoms with van der Waals surface area (Å²) in [6, 6.07) is 7.70. The number of carbonyl (C=O) groups excluding carboxylic acids is 2. The number of aliphatic hydroxyl groups is 1. The predicted octanol–water partition coefficient (Wildman–Crippen LogP) is 3.79. The van der Waals surface area contributed by atoms with E-state index in [1.807, 2.05) is 39.8 Å². The molecule has 1 fully saturated rings. The quantitative estimate of drug-likeness (QED) is 0.292. The Kier molecular flexibility index (Phi) is 8.70. The van der Waals surface area contributed by atoms with Crippen molar-refractivity contribution >= 4 is 17.4 Å². The van der Waals surface area contributed by atoms with Gasteiger partial charge in [-0.2, -0.15) is 0 Å². The van der Waals surface area contributed by atoms with E-state index >= 15 is 0 Å². The molecular weight excluding hydrogens is 476 g/mol. The average molecular weight is 513 g/mol. The van der Waals surface area contributed by atoms with Gasteiger partial charge in [0.05, 0.1) is 39.0 Å². The standard InChI is InChI=1S/C28H36N2O7/c1-16(2)37-20-10-9-18(13-17(20)3)25(31)23-24(30(12-11-29(4)5)28(33)26(23)32)19-14-21(34-6)27(36-8)22(15-19)35-7/h9-10,13-16,24,31H,11-12H2,1-8H3/b25-23+/t24-/m1/s1. The van der Waals surface area contributed by atoms with Crippen molar-refractivity contribution < 1.29 is 33.6 Å². The first-order valence-electron chi connectivity index (χ1n) is 12.0. The van der Waals surface area contributed by atoms with E-state index in [1.54, 1.807) is 30.3 Å². The van der Waals surface area contributed by atoms with E-state index < -0.39 is 17.7 Å². The van der Waals surface area contributed by atoms with Gasteiger partial charge in [-0.05, 0) is 76.3 Å². The second kappa shape index (κ2) is 11.6. The molecule has 1 atom stereocenters. The molecule has 1 aliphatic rings. The molecule has 9 nitrogen and oxygen atoms in total. The predicted molar refractivity (Wildman–Crippen MR) is 141 cm³/mol. The fourth-order valence-corrected chi connectivity index (χ4v) is 4.36. The summed E-state index contributed by atoms with van der Waals surface area (Å²) in [6.45, 7) is 6.52. The molecule has 200 valence electrons. The molecule has 0 aliphatic carbocycles. The zero-order valence-electron chi connectivity index (χ0n) is 22.7. The highest BCUT2D eigenvalue weighted by Gasteiger charge is 2.46. The number of ketones is 1. The molecule has 0 saturated carbocycles. The number of benzene rings is 2. The maximum Gasteiger partial charge on any atom is 0.295 e. The van der Waals surface area contributed by atoms with Crippen LogP contribution >= 0.6 is 0 Å². The van der Waals surface area contributed by atoms with E-state index in [9.17, 15) is 14.7 Å². The van der Waals surface area contributed by atoms with Crippen molar-refractivity contribution in [1.29, 1.82) is 0 Å². The molecule has 9 heteroatoms. The van der Waals surface area contributed by atoms with Crippen LogP contribution in [0.5, 0.6) is 23.0 Å². The summed E-state index contributed by atoms with van der Waals surface area (Å²) in [5, 5.41) is 11.4. The number of ether oxygens (including phenoxy) is 4. The maximum absolute atomic E-state index is 13.4. The zero-order chi connectivity index (χ0) is 27.4. The van der Waals surface area contributed by atoms with Crippen LogP contribution in [0.15, 0.2) is 35.9 Å². The fraction of sp³-hybridized carbons (Fsp3) is 0.429. The second-order valence-corrected chi connectivity index (χ2v) is 9.40. The minimum atomic E-state index is -0.861. The molecule has 0 radical (unpaired) electrons. The van der Waals surface area contributed by atoms with E-state index in [1.165, 1.54) is 26.2 Å². The zero-order valence-corrected chi connectivity index (χ0v) is 22.7. The van der Waals surface area contributed by atoms with Crippen LogP contribution in [-0.4, -0.2) is 81.2 Å². The van der Waals surface area contributed by atoms with Gasteiger partial charge >= 0.3 is 0 Å². The summed E-state index contributed by atoms with van der Waals surface area (Å²) >= 11 is 0. The molecule has 1 N–H and O–H groups in total. The lowest BCUT2D eigenvalue weighted by molar-refractivity contribution is -0.140. The van der Waals surface area contributed by atoms with Crippen LogP contribution < -0.4 is 18.9 Å². The van der Waals surface area contributed by atoms with E-state index in [4.69, 9.17) is 18.9 Å². The Labute approximate surface area is 218 Å². The van der Waals surface area contributed by atoms with Gasteiger partial charge < -0.3 is 33.9 Å². The van der Waals surface area contributed by atoms with Gasteiger partial charge in [0.1, 0.15) is 11.5 Å².